The minimum Gasteiger partial charge on any atom is -0.352 e. The van der Waals surface area contributed by atoms with Crippen LogP contribution in [0.3, 0.4) is 0 Å². The second-order valence-electron chi connectivity index (χ2n) is 4.16. The molecule has 2 heterocycles. The zero-order chi connectivity index (χ0) is 13.9. The number of nitrogens with zero attached hydrogens (tertiary/aromatic N) is 3. The van der Waals surface area contributed by atoms with Gasteiger partial charge in [0, 0.05) is 10.9 Å². The summed E-state index contributed by atoms with van der Waals surface area (Å²) < 4.78 is 0. The molecule has 0 aliphatic rings. The van der Waals surface area contributed by atoms with Crippen molar-refractivity contribution >= 4 is 29.0 Å². The van der Waals surface area contributed by atoms with Gasteiger partial charge in [0.2, 0.25) is 11.9 Å². The van der Waals surface area contributed by atoms with E-state index in [0.29, 0.717) is 17.5 Å². The highest BCUT2D eigenvalue weighted by Crippen LogP contribution is 2.22. The summed E-state index contributed by atoms with van der Waals surface area (Å²) in [5.41, 5.74) is 1.87. The summed E-state index contributed by atoms with van der Waals surface area (Å²) in [5.74, 6) is -0.140. The first kappa shape index (κ1) is 12.0. The predicted octanol–water partition coefficient (Wildman–Crippen LogP) is 0.675. The van der Waals surface area contributed by atoms with Gasteiger partial charge in [0.15, 0.2) is 6.29 Å². The number of hydrogen-bond donors (Lipinski definition) is 3. The molecule has 0 spiro atoms. The average Bonchev–Trinajstić information content (AvgIpc) is 3.07. The van der Waals surface area contributed by atoms with Gasteiger partial charge >= 0.3 is 0 Å². The normalized spacial score (nSPS) is 10.6. The highest BCUT2D eigenvalue weighted by Gasteiger charge is 2.15. The van der Waals surface area contributed by atoms with E-state index in [1.54, 1.807) is 0 Å². The molecular weight excluding hydrogens is 260 g/mol. The molecule has 0 fully saturated rings. The van der Waals surface area contributed by atoms with Crippen molar-refractivity contribution in [2.24, 2.45) is 0 Å². The summed E-state index contributed by atoms with van der Waals surface area (Å²) in [4.78, 5) is 26.0. The number of para-hydroxylation sites is 1. The van der Waals surface area contributed by atoms with E-state index in [1.165, 1.54) is 0 Å². The van der Waals surface area contributed by atoms with Crippen molar-refractivity contribution in [1.29, 1.82) is 0 Å². The van der Waals surface area contributed by atoms with Crippen molar-refractivity contribution in [2.45, 2.75) is 6.42 Å². The van der Waals surface area contributed by atoms with E-state index in [-0.39, 0.29) is 18.3 Å². The summed E-state index contributed by atoms with van der Waals surface area (Å²) in [7, 11) is 0. The van der Waals surface area contributed by atoms with Crippen molar-refractivity contribution in [2.75, 3.05) is 5.32 Å². The molecule has 0 aliphatic carbocycles. The lowest BCUT2D eigenvalue weighted by Gasteiger charge is -2.01. The van der Waals surface area contributed by atoms with Gasteiger partial charge in [-0.2, -0.15) is 0 Å². The minimum atomic E-state index is -0.309. The molecule has 0 bridgehead atoms. The van der Waals surface area contributed by atoms with Crippen molar-refractivity contribution in [3.05, 3.63) is 35.5 Å². The molecule has 0 radical (unpaired) electrons. The van der Waals surface area contributed by atoms with Crippen LogP contribution in [-0.4, -0.2) is 37.8 Å². The summed E-state index contributed by atoms with van der Waals surface area (Å²) in [6.07, 6.45) is 0.761. The number of tetrazole rings is 1. The second kappa shape index (κ2) is 4.92. The maximum Gasteiger partial charge on any atom is 0.246 e. The molecular formula is C12H10N6O2. The third kappa shape index (κ3) is 2.14. The number of carbonyl (C=O) groups is 2. The van der Waals surface area contributed by atoms with Gasteiger partial charge in [0.05, 0.1) is 12.1 Å². The Bertz CT molecular complexity index is 761. The number of carbonyl (C=O) groups excluding carboxylic acids is 2. The Morgan fingerprint density at radius 1 is 1.35 bits per heavy atom. The number of H-pyrrole nitrogens is 2. The molecule has 20 heavy (non-hydrogen) atoms. The lowest BCUT2D eigenvalue weighted by molar-refractivity contribution is -0.115. The van der Waals surface area contributed by atoms with Crippen LogP contribution < -0.4 is 5.32 Å². The van der Waals surface area contributed by atoms with Crippen molar-refractivity contribution in [3.63, 3.8) is 0 Å². The number of aromatic nitrogens is 5. The molecule has 0 atom stereocenters. The Morgan fingerprint density at radius 2 is 2.20 bits per heavy atom. The third-order valence-corrected chi connectivity index (χ3v) is 2.90. The largest absolute Gasteiger partial charge is 0.352 e. The predicted molar refractivity (Wildman–Crippen MR) is 70.2 cm³/mol. The molecule has 0 saturated carbocycles. The first-order valence-corrected chi connectivity index (χ1v) is 5.86. The fourth-order valence-corrected chi connectivity index (χ4v) is 2.06. The van der Waals surface area contributed by atoms with Gasteiger partial charge < -0.3 is 4.98 Å². The van der Waals surface area contributed by atoms with Gasteiger partial charge in [0.25, 0.3) is 0 Å². The van der Waals surface area contributed by atoms with Crippen LogP contribution in [0.5, 0.6) is 0 Å². The van der Waals surface area contributed by atoms with E-state index in [4.69, 9.17) is 0 Å². The number of benzene rings is 1. The van der Waals surface area contributed by atoms with E-state index < -0.39 is 0 Å². The number of aromatic amines is 2. The Morgan fingerprint density at radius 3 is 2.95 bits per heavy atom. The highest BCUT2D eigenvalue weighted by molar-refractivity contribution is 5.98. The standard InChI is InChI=1S/C12H10N6O2/c19-6-10-8(7-3-1-2-4-9(7)13-10)5-11(20)14-12-15-17-18-16-12/h1-4,6,13H,5H2,(H2,14,15,16,17,18,20). The molecule has 3 aromatic rings. The quantitative estimate of drug-likeness (QED) is 0.602. The average molecular weight is 270 g/mol. The molecule has 8 heteroatoms. The fraction of sp³-hybridized carbons (Fsp3) is 0.0833. The van der Waals surface area contributed by atoms with Crippen LogP contribution in [0, 0.1) is 0 Å². The molecule has 3 rings (SSSR count). The lowest BCUT2D eigenvalue weighted by Crippen LogP contribution is -2.16. The number of anilines is 1. The lowest BCUT2D eigenvalue weighted by atomic mass is 10.1. The van der Waals surface area contributed by atoms with Crippen LogP contribution in [-0.2, 0) is 11.2 Å². The van der Waals surface area contributed by atoms with Crippen LogP contribution in [0.4, 0.5) is 5.95 Å². The number of hydrogen-bond acceptors (Lipinski definition) is 5. The monoisotopic (exact) mass is 270 g/mol. The summed E-state index contributed by atoms with van der Waals surface area (Å²) >= 11 is 0. The number of fused-ring (bicyclic) bond motifs is 1. The molecule has 2 aromatic heterocycles. The Hall–Kier alpha value is -3.03. The topological polar surface area (TPSA) is 116 Å². The van der Waals surface area contributed by atoms with Gasteiger partial charge in [-0.05, 0) is 22.1 Å². The number of aldehydes is 1. The summed E-state index contributed by atoms with van der Waals surface area (Å²) in [6.45, 7) is 0. The first-order valence-electron chi connectivity index (χ1n) is 5.86. The zero-order valence-corrected chi connectivity index (χ0v) is 10.3. The SMILES string of the molecule is O=Cc1[nH]c2ccccc2c1CC(=O)Nc1nnn[nH]1. The Labute approximate surface area is 112 Å². The molecule has 8 nitrogen and oxygen atoms in total. The van der Waals surface area contributed by atoms with Crippen LogP contribution in [0.15, 0.2) is 24.3 Å². The zero-order valence-electron chi connectivity index (χ0n) is 10.3. The minimum absolute atomic E-state index is 0.0544. The van der Waals surface area contributed by atoms with Gasteiger partial charge in [-0.25, -0.2) is 5.10 Å². The molecule has 0 aliphatic heterocycles. The molecule has 1 aromatic carbocycles. The van der Waals surface area contributed by atoms with Crippen LogP contribution in [0.25, 0.3) is 10.9 Å². The van der Waals surface area contributed by atoms with Crippen LogP contribution in [0.1, 0.15) is 16.1 Å². The van der Waals surface area contributed by atoms with E-state index >= 15 is 0 Å². The van der Waals surface area contributed by atoms with E-state index in [0.717, 1.165) is 10.9 Å². The van der Waals surface area contributed by atoms with Crippen molar-refractivity contribution in [3.8, 4) is 0 Å². The second-order valence-corrected chi connectivity index (χ2v) is 4.16. The van der Waals surface area contributed by atoms with Gasteiger partial charge in [-0.15, -0.1) is 0 Å². The van der Waals surface area contributed by atoms with Crippen LogP contribution in [0.2, 0.25) is 0 Å². The number of nitrogens with one attached hydrogen (secondary N) is 3. The molecule has 3 N–H and O–H groups in total. The van der Waals surface area contributed by atoms with Crippen molar-refractivity contribution < 1.29 is 9.59 Å². The third-order valence-electron chi connectivity index (χ3n) is 2.90. The maximum absolute atomic E-state index is 11.9. The maximum atomic E-state index is 11.9. The van der Waals surface area contributed by atoms with E-state index in [2.05, 4.69) is 30.9 Å². The molecule has 1 amide bonds. The van der Waals surface area contributed by atoms with Crippen molar-refractivity contribution in [1.82, 2.24) is 25.6 Å². The number of rotatable bonds is 4. The Balaban J connectivity index is 1.89. The summed E-state index contributed by atoms with van der Waals surface area (Å²) in [6, 6.07) is 7.42. The molecule has 0 saturated heterocycles. The first-order chi connectivity index (χ1) is 9.78. The van der Waals surface area contributed by atoms with Crippen LogP contribution >= 0.6 is 0 Å². The Kier molecular flexibility index (Phi) is 2.96. The molecule has 100 valence electrons. The summed E-state index contributed by atoms with van der Waals surface area (Å²) in [5, 5.41) is 16.1. The highest BCUT2D eigenvalue weighted by atomic mass is 16.1. The number of amides is 1. The van der Waals surface area contributed by atoms with Gasteiger partial charge in [-0.1, -0.05) is 23.3 Å². The van der Waals surface area contributed by atoms with Gasteiger partial charge in [-0.3, -0.25) is 14.9 Å². The smallest absolute Gasteiger partial charge is 0.246 e. The van der Waals surface area contributed by atoms with Gasteiger partial charge in [0.1, 0.15) is 0 Å². The van der Waals surface area contributed by atoms with E-state index in [1.807, 2.05) is 24.3 Å². The van der Waals surface area contributed by atoms with E-state index in [9.17, 15) is 9.59 Å². The molecule has 0 unspecified atom stereocenters. The fourth-order valence-electron chi connectivity index (χ4n) is 2.06.